The maximum Gasteiger partial charge on any atom is 0.229 e. The minimum atomic E-state index is -0.237. The number of ketones is 1. The van der Waals surface area contributed by atoms with E-state index in [4.69, 9.17) is 9.97 Å². The number of benzene rings is 2. The molecule has 0 unspecified atom stereocenters. The van der Waals surface area contributed by atoms with Gasteiger partial charge in [-0.1, -0.05) is 30.3 Å². The summed E-state index contributed by atoms with van der Waals surface area (Å²) in [5, 5.41) is 13.1. The quantitative estimate of drug-likeness (QED) is 0.588. The Morgan fingerprint density at radius 3 is 2.33 bits per heavy atom. The number of nitrogens with one attached hydrogen (secondary N) is 1. The van der Waals surface area contributed by atoms with Crippen LogP contribution in [0, 0.1) is 0 Å². The highest BCUT2D eigenvalue weighted by Crippen LogP contribution is 2.27. The molecule has 7 heteroatoms. The van der Waals surface area contributed by atoms with Gasteiger partial charge in [0.25, 0.3) is 0 Å². The van der Waals surface area contributed by atoms with E-state index in [-0.39, 0.29) is 24.3 Å². The number of carbonyl (C=O) groups excluding carboxylic acids is 1. The molecule has 2 aromatic carbocycles. The second-order valence-corrected chi connectivity index (χ2v) is 7.28. The zero-order chi connectivity index (χ0) is 20.2. The third-order valence-electron chi connectivity index (χ3n) is 5.12. The minimum absolute atomic E-state index is 0. The average Bonchev–Trinajstić information content (AvgIpc) is 2.75. The molecule has 0 bridgehead atoms. The molecule has 156 valence electrons. The topological polar surface area (TPSA) is 78.4 Å². The first-order valence-electron chi connectivity index (χ1n) is 9.84. The zero-order valence-electron chi connectivity index (χ0n) is 16.8. The number of hydrogen-bond donors (Lipinski definition) is 2. The Labute approximate surface area is 182 Å². The Bertz CT molecular complexity index is 988. The van der Waals surface area contributed by atoms with E-state index in [1.165, 1.54) is 0 Å². The fourth-order valence-electron chi connectivity index (χ4n) is 3.42. The first-order chi connectivity index (χ1) is 14.1. The van der Waals surface area contributed by atoms with Crippen LogP contribution >= 0.6 is 12.4 Å². The normalized spacial score (nSPS) is 14.1. The maximum atomic E-state index is 11.5. The van der Waals surface area contributed by atoms with E-state index in [1.807, 2.05) is 48.5 Å². The molecular weight excluding hydrogens is 400 g/mol. The van der Waals surface area contributed by atoms with Gasteiger partial charge in [0, 0.05) is 36.0 Å². The zero-order valence-corrected chi connectivity index (χ0v) is 17.6. The summed E-state index contributed by atoms with van der Waals surface area (Å²) in [6.45, 7) is 3.08. The SMILES string of the molecule is CC(=O)c1ccc(Nc2nc(-c3ccccc3)cc(N3CCC(O)CC3)n2)cc1.Cl. The van der Waals surface area contributed by atoms with Gasteiger partial charge < -0.3 is 15.3 Å². The molecule has 4 rings (SSSR count). The van der Waals surface area contributed by atoms with Crippen LogP contribution in [0.1, 0.15) is 30.1 Å². The van der Waals surface area contributed by atoms with E-state index in [0.29, 0.717) is 11.5 Å². The number of halogens is 1. The molecule has 6 nitrogen and oxygen atoms in total. The van der Waals surface area contributed by atoms with Crippen molar-refractivity contribution in [1.82, 2.24) is 9.97 Å². The lowest BCUT2D eigenvalue weighted by Crippen LogP contribution is -2.36. The number of rotatable bonds is 5. The van der Waals surface area contributed by atoms with E-state index < -0.39 is 0 Å². The molecule has 1 aliphatic heterocycles. The van der Waals surface area contributed by atoms with Crippen LogP contribution in [0.2, 0.25) is 0 Å². The molecule has 2 heterocycles. The van der Waals surface area contributed by atoms with Crippen molar-refractivity contribution in [2.45, 2.75) is 25.9 Å². The van der Waals surface area contributed by atoms with Crippen molar-refractivity contribution in [2.24, 2.45) is 0 Å². The van der Waals surface area contributed by atoms with E-state index in [0.717, 1.165) is 48.7 Å². The standard InChI is InChI=1S/C23H24N4O2.ClH/c1-16(28)17-7-9-19(10-8-17)24-23-25-21(18-5-3-2-4-6-18)15-22(26-23)27-13-11-20(29)12-14-27;/h2-10,15,20,29H,11-14H2,1H3,(H,24,25,26);1H. The van der Waals surface area contributed by atoms with Crippen molar-refractivity contribution in [1.29, 1.82) is 0 Å². The van der Waals surface area contributed by atoms with Gasteiger partial charge in [-0.2, -0.15) is 4.98 Å². The summed E-state index contributed by atoms with van der Waals surface area (Å²) in [7, 11) is 0. The molecule has 0 spiro atoms. The fourth-order valence-corrected chi connectivity index (χ4v) is 3.42. The Hall–Kier alpha value is -2.96. The molecule has 2 N–H and O–H groups in total. The second kappa shape index (κ2) is 9.69. The number of hydrogen-bond acceptors (Lipinski definition) is 6. The Morgan fingerprint density at radius 1 is 1.03 bits per heavy atom. The Morgan fingerprint density at radius 2 is 1.70 bits per heavy atom. The summed E-state index contributed by atoms with van der Waals surface area (Å²) in [6.07, 6.45) is 1.24. The number of aliphatic hydroxyl groups is 1. The number of anilines is 3. The highest BCUT2D eigenvalue weighted by Gasteiger charge is 2.20. The summed E-state index contributed by atoms with van der Waals surface area (Å²) in [5.41, 5.74) is 3.34. The van der Waals surface area contributed by atoms with Gasteiger partial charge >= 0.3 is 0 Å². The largest absolute Gasteiger partial charge is 0.393 e. The maximum absolute atomic E-state index is 11.5. The monoisotopic (exact) mass is 424 g/mol. The molecular formula is C23H25ClN4O2. The van der Waals surface area contributed by atoms with Crippen LogP contribution in [-0.2, 0) is 0 Å². The van der Waals surface area contributed by atoms with Crippen molar-refractivity contribution in [3.8, 4) is 11.3 Å². The van der Waals surface area contributed by atoms with Crippen LogP contribution in [0.5, 0.6) is 0 Å². The van der Waals surface area contributed by atoms with Gasteiger partial charge in [0.15, 0.2) is 5.78 Å². The molecule has 1 saturated heterocycles. The molecule has 0 amide bonds. The van der Waals surface area contributed by atoms with Crippen LogP contribution in [0.3, 0.4) is 0 Å². The summed E-state index contributed by atoms with van der Waals surface area (Å²) in [4.78, 5) is 23.1. The molecule has 1 aromatic heterocycles. The number of carbonyl (C=O) groups is 1. The first-order valence-corrected chi connectivity index (χ1v) is 9.84. The number of Topliss-reactive ketones (excluding diaryl/α,β-unsaturated/α-hetero) is 1. The number of aromatic nitrogens is 2. The van der Waals surface area contributed by atoms with Gasteiger partial charge in [0.1, 0.15) is 5.82 Å². The minimum Gasteiger partial charge on any atom is -0.393 e. The van der Waals surface area contributed by atoms with E-state index in [1.54, 1.807) is 19.1 Å². The fraction of sp³-hybridized carbons (Fsp3) is 0.261. The predicted octanol–water partition coefficient (Wildman–Crippen LogP) is 4.47. The third kappa shape index (κ3) is 5.14. The summed E-state index contributed by atoms with van der Waals surface area (Å²) >= 11 is 0. The van der Waals surface area contributed by atoms with Gasteiger partial charge in [-0.15, -0.1) is 12.4 Å². The lowest BCUT2D eigenvalue weighted by molar-refractivity contribution is 0.101. The van der Waals surface area contributed by atoms with Gasteiger partial charge in [-0.3, -0.25) is 4.79 Å². The van der Waals surface area contributed by atoms with Gasteiger partial charge in [0.2, 0.25) is 5.95 Å². The molecule has 0 saturated carbocycles. The summed E-state index contributed by atoms with van der Waals surface area (Å²) in [6, 6.07) is 19.3. The van der Waals surface area contributed by atoms with Crippen molar-refractivity contribution in [3.05, 3.63) is 66.2 Å². The molecule has 0 aliphatic carbocycles. The highest BCUT2D eigenvalue weighted by atomic mass is 35.5. The number of piperidine rings is 1. The van der Waals surface area contributed by atoms with E-state index in [2.05, 4.69) is 10.2 Å². The molecule has 0 atom stereocenters. The average molecular weight is 425 g/mol. The van der Waals surface area contributed by atoms with Crippen LogP contribution in [0.15, 0.2) is 60.7 Å². The van der Waals surface area contributed by atoms with Crippen LogP contribution in [-0.4, -0.2) is 40.1 Å². The smallest absolute Gasteiger partial charge is 0.229 e. The van der Waals surface area contributed by atoms with Gasteiger partial charge in [-0.25, -0.2) is 4.98 Å². The number of aliphatic hydroxyl groups excluding tert-OH is 1. The van der Waals surface area contributed by atoms with Gasteiger partial charge in [-0.05, 0) is 44.0 Å². The van der Waals surface area contributed by atoms with Crippen LogP contribution in [0.4, 0.5) is 17.5 Å². The van der Waals surface area contributed by atoms with E-state index >= 15 is 0 Å². The van der Waals surface area contributed by atoms with Crippen molar-refractivity contribution in [3.63, 3.8) is 0 Å². The van der Waals surface area contributed by atoms with Crippen molar-refractivity contribution < 1.29 is 9.90 Å². The highest BCUT2D eigenvalue weighted by molar-refractivity contribution is 5.94. The van der Waals surface area contributed by atoms with E-state index in [9.17, 15) is 9.90 Å². The third-order valence-corrected chi connectivity index (χ3v) is 5.12. The lowest BCUT2D eigenvalue weighted by Gasteiger charge is -2.30. The van der Waals surface area contributed by atoms with Crippen LogP contribution < -0.4 is 10.2 Å². The molecule has 0 radical (unpaired) electrons. The van der Waals surface area contributed by atoms with Crippen molar-refractivity contribution in [2.75, 3.05) is 23.3 Å². The molecule has 1 fully saturated rings. The molecule has 1 aliphatic rings. The second-order valence-electron chi connectivity index (χ2n) is 7.28. The number of nitrogens with zero attached hydrogens (tertiary/aromatic N) is 3. The van der Waals surface area contributed by atoms with Crippen LogP contribution in [0.25, 0.3) is 11.3 Å². The predicted molar refractivity (Wildman–Crippen MR) is 122 cm³/mol. The Balaban J connectivity index is 0.00000256. The first kappa shape index (κ1) is 21.7. The summed E-state index contributed by atoms with van der Waals surface area (Å²) < 4.78 is 0. The van der Waals surface area contributed by atoms with Gasteiger partial charge in [0.05, 0.1) is 11.8 Å². The summed E-state index contributed by atoms with van der Waals surface area (Å²) in [5.74, 6) is 1.38. The molecule has 3 aromatic rings. The Kier molecular flexibility index (Phi) is 7.03. The molecule has 30 heavy (non-hydrogen) atoms. The lowest BCUT2D eigenvalue weighted by atomic mass is 10.1. The van der Waals surface area contributed by atoms with Crippen molar-refractivity contribution >= 4 is 35.6 Å².